The second-order valence-corrected chi connectivity index (χ2v) is 7.53. The highest BCUT2D eigenvalue weighted by atomic mass is 16.5. The lowest BCUT2D eigenvalue weighted by Crippen LogP contribution is -2.33. The number of ether oxygens (including phenoxy) is 1. The van der Waals surface area contributed by atoms with Crippen LogP contribution in [0.25, 0.3) is 22.4 Å². The third-order valence-corrected chi connectivity index (χ3v) is 5.20. The Morgan fingerprint density at radius 1 is 1.00 bits per heavy atom. The van der Waals surface area contributed by atoms with Gasteiger partial charge in [-0.3, -0.25) is 4.79 Å². The van der Waals surface area contributed by atoms with Crippen LogP contribution in [-0.4, -0.2) is 22.9 Å². The number of amides is 1. The normalized spacial score (nSPS) is 14.2. The number of carbonyl (C=O) groups is 2. The molecule has 1 fully saturated rings. The Bertz CT molecular complexity index is 1230. The van der Waals surface area contributed by atoms with E-state index in [0.717, 1.165) is 12.8 Å². The summed E-state index contributed by atoms with van der Waals surface area (Å²) >= 11 is 0. The summed E-state index contributed by atoms with van der Waals surface area (Å²) in [6, 6.07) is 21.7. The number of nitrogens with zero attached hydrogens (tertiary/aromatic N) is 1. The Hall–Kier alpha value is -3.93. The van der Waals surface area contributed by atoms with E-state index in [1.54, 1.807) is 36.6 Å². The van der Waals surface area contributed by atoms with Gasteiger partial charge in [0.1, 0.15) is 5.69 Å². The quantitative estimate of drug-likeness (QED) is 0.466. The fraction of sp³-hybridized carbons (Fsp3) is 0.160. The van der Waals surface area contributed by atoms with Crippen LogP contribution in [-0.2, 0) is 9.53 Å². The number of hydrogen-bond donors (Lipinski definition) is 1. The fourth-order valence-corrected chi connectivity index (χ4v) is 3.47. The molecule has 0 radical (unpaired) electrons. The molecule has 31 heavy (non-hydrogen) atoms. The number of para-hydroxylation sites is 1. The number of carbonyl (C=O) groups excluding carboxylic acids is 2. The van der Waals surface area contributed by atoms with Gasteiger partial charge >= 0.3 is 5.97 Å². The molecule has 154 valence electrons. The summed E-state index contributed by atoms with van der Waals surface area (Å²) in [5.74, 6) is -0.358. The van der Waals surface area contributed by atoms with Crippen molar-refractivity contribution >= 4 is 22.8 Å². The number of benzene rings is 2. The third-order valence-electron chi connectivity index (χ3n) is 5.20. The van der Waals surface area contributed by atoms with Crippen molar-refractivity contribution in [2.75, 3.05) is 0 Å². The second kappa shape index (κ2) is 8.07. The average Bonchev–Trinajstić information content (AvgIpc) is 3.44. The van der Waals surface area contributed by atoms with E-state index in [1.807, 2.05) is 42.5 Å². The van der Waals surface area contributed by atoms with Gasteiger partial charge in [0.25, 0.3) is 5.91 Å². The van der Waals surface area contributed by atoms with Crippen LogP contribution in [0.15, 0.2) is 83.5 Å². The van der Waals surface area contributed by atoms with Gasteiger partial charge in [-0.15, -0.1) is 0 Å². The van der Waals surface area contributed by atoms with Gasteiger partial charge in [0.2, 0.25) is 6.10 Å². The molecule has 1 aliphatic carbocycles. The van der Waals surface area contributed by atoms with Crippen molar-refractivity contribution in [3.8, 4) is 11.5 Å². The van der Waals surface area contributed by atoms with Gasteiger partial charge in [0, 0.05) is 17.0 Å². The van der Waals surface area contributed by atoms with Crippen molar-refractivity contribution in [1.82, 2.24) is 10.3 Å². The van der Waals surface area contributed by atoms with Gasteiger partial charge in [0.15, 0.2) is 5.76 Å². The van der Waals surface area contributed by atoms with Gasteiger partial charge in [-0.25, -0.2) is 9.78 Å². The molecule has 6 heteroatoms. The lowest BCUT2D eigenvalue weighted by molar-refractivity contribution is -0.130. The number of rotatable bonds is 6. The van der Waals surface area contributed by atoms with Crippen molar-refractivity contribution in [3.63, 3.8) is 0 Å². The zero-order valence-electron chi connectivity index (χ0n) is 16.7. The highest BCUT2D eigenvalue weighted by molar-refractivity contribution is 6.05. The van der Waals surface area contributed by atoms with Gasteiger partial charge in [-0.2, -0.15) is 0 Å². The predicted molar refractivity (Wildman–Crippen MR) is 115 cm³/mol. The van der Waals surface area contributed by atoms with Crippen LogP contribution in [0.4, 0.5) is 0 Å². The molecular weight excluding hydrogens is 392 g/mol. The maximum absolute atomic E-state index is 13.3. The number of nitrogens with one attached hydrogen (secondary N) is 1. The van der Waals surface area contributed by atoms with Crippen LogP contribution >= 0.6 is 0 Å². The van der Waals surface area contributed by atoms with E-state index in [2.05, 4.69) is 10.3 Å². The largest absolute Gasteiger partial charge is 0.463 e. The standard InChI is InChI=1S/C25H20N2O4/c28-24(26-17-12-13-17)23(16-7-2-1-3-8-16)31-25(29)19-15-21(22-11-6-14-30-22)27-20-10-5-4-9-18(19)20/h1-11,14-15,17,23H,12-13H2,(H,26,28)/t23-/m0/s1. The summed E-state index contributed by atoms with van der Waals surface area (Å²) in [6.45, 7) is 0. The molecule has 0 unspecified atom stereocenters. The second-order valence-electron chi connectivity index (χ2n) is 7.53. The van der Waals surface area contributed by atoms with Crippen LogP contribution in [0.1, 0.15) is 34.9 Å². The van der Waals surface area contributed by atoms with Crippen LogP contribution < -0.4 is 5.32 Å². The zero-order chi connectivity index (χ0) is 21.2. The van der Waals surface area contributed by atoms with E-state index in [1.165, 1.54) is 0 Å². The molecule has 0 bridgehead atoms. The zero-order valence-corrected chi connectivity index (χ0v) is 16.7. The fourth-order valence-electron chi connectivity index (χ4n) is 3.47. The number of hydrogen-bond acceptors (Lipinski definition) is 5. The number of fused-ring (bicyclic) bond motifs is 1. The van der Waals surface area contributed by atoms with Crippen molar-refractivity contribution in [3.05, 3.63) is 90.2 Å². The summed E-state index contributed by atoms with van der Waals surface area (Å²) in [5, 5.41) is 3.59. The van der Waals surface area contributed by atoms with Crippen LogP contribution in [0, 0.1) is 0 Å². The summed E-state index contributed by atoms with van der Waals surface area (Å²) in [7, 11) is 0. The topological polar surface area (TPSA) is 81.4 Å². The first-order chi connectivity index (χ1) is 15.2. The molecule has 1 amide bonds. The number of pyridine rings is 1. The SMILES string of the molecule is O=C(O[C@H](C(=O)NC1CC1)c1ccccc1)c1cc(-c2ccco2)nc2ccccc12. The van der Waals surface area contributed by atoms with E-state index in [-0.39, 0.29) is 11.9 Å². The third kappa shape index (κ3) is 4.05. The lowest BCUT2D eigenvalue weighted by atomic mass is 10.1. The lowest BCUT2D eigenvalue weighted by Gasteiger charge is -2.18. The predicted octanol–water partition coefficient (Wildman–Crippen LogP) is 4.67. The van der Waals surface area contributed by atoms with E-state index in [9.17, 15) is 9.59 Å². The molecule has 6 nitrogen and oxygen atoms in total. The monoisotopic (exact) mass is 412 g/mol. The Balaban J connectivity index is 1.52. The maximum atomic E-state index is 13.3. The van der Waals surface area contributed by atoms with Crippen LogP contribution in [0.5, 0.6) is 0 Å². The first-order valence-corrected chi connectivity index (χ1v) is 10.2. The minimum absolute atomic E-state index is 0.157. The molecule has 5 rings (SSSR count). The highest BCUT2D eigenvalue weighted by Gasteiger charge is 2.31. The molecule has 0 spiro atoms. The molecule has 1 N–H and O–H groups in total. The van der Waals surface area contributed by atoms with Crippen LogP contribution in [0.3, 0.4) is 0 Å². The van der Waals surface area contributed by atoms with Crippen molar-refractivity contribution in [1.29, 1.82) is 0 Å². The summed E-state index contributed by atoms with van der Waals surface area (Å²) in [6.07, 6.45) is 2.41. The molecule has 1 saturated carbocycles. The van der Waals surface area contributed by atoms with E-state index in [0.29, 0.717) is 33.5 Å². The Morgan fingerprint density at radius 3 is 2.52 bits per heavy atom. The summed E-state index contributed by atoms with van der Waals surface area (Å²) in [4.78, 5) is 30.8. The Kier molecular flexibility index (Phi) is 4.96. The molecule has 2 heterocycles. The van der Waals surface area contributed by atoms with Crippen molar-refractivity contribution in [2.24, 2.45) is 0 Å². The summed E-state index contributed by atoms with van der Waals surface area (Å²) in [5.41, 5.74) is 2.12. The molecule has 0 aliphatic heterocycles. The molecule has 2 aromatic heterocycles. The number of furan rings is 1. The maximum Gasteiger partial charge on any atom is 0.340 e. The first-order valence-electron chi connectivity index (χ1n) is 10.2. The van der Waals surface area contributed by atoms with Gasteiger partial charge in [-0.05, 0) is 37.1 Å². The summed E-state index contributed by atoms with van der Waals surface area (Å²) < 4.78 is 11.2. The number of esters is 1. The van der Waals surface area contributed by atoms with E-state index in [4.69, 9.17) is 9.15 Å². The van der Waals surface area contributed by atoms with Crippen LogP contribution in [0.2, 0.25) is 0 Å². The Morgan fingerprint density at radius 2 is 1.77 bits per heavy atom. The highest BCUT2D eigenvalue weighted by Crippen LogP contribution is 2.28. The van der Waals surface area contributed by atoms with Gasteiger partial charge in [-0.1, -0.05) is 48.5 Å². The molecule has 1 aliphatic rings. The minimum Gasteiger partial charge on any atom is -0.463 e. The smallest absolute Gasteiger partial charge is 0.340 e. The van der Waals surface area contributed by atoms with E-state index < -0.39 is 12.1 Å². The number of aromatic nitrogens is 1. The molecule has 4 aromatic rings. The molecule has 0 saturated heterocycles. The van der Waals surface area contributed by atoms with E-state index >= 15 is 0 Å². The van der Waals surface area contributed by atoms with Crippen molar-refractivity contribution in [2.45, 2.75) is 25.0 Å². The van der Waals surface area contributed by atoms with Gasteiger partial charge < -0.3 is 14.5 Å². The molecular formula is C25H20N2O4. The average molecular weight is 412 g/mol. The van der Waals surface area contributed by atoms with Gasteiger partial charge in [0.05, 0.1) is 17.3 Å². The Labute approximate surface area is 178 Å². The van der Waals surface area contributed by atoms with Crippen molar-refractivity contribution < 1.29 is 18.7 Å². The minimum atomic E-state index is -1.03. The first kappa shape index (κ1) is 19.1. The molecule has 1 atom stereocenters. The molecule has 2 aromatic carbocycles.